The average Bonchev–Trinajstić information content (AvgIpc) is 2.76. The average molecular weight is 336 g/mol. The Morgan fingerprint density at radius 2 is 1.76 bits per heavy atom. The minimum absolute atomic E-state index is 0.862. The normalized spacial score (nSPS) is 10.6. The number of aromatic amines is 1. The van der Waals surface area contributed by atoms with Crippen LogP contribution in [-0.4, -0.2) is 15.4 Å². The molecular weight excluding hydrogens is 327 g/mol. The van der Waals surface area contributed by atoms with Crippen molar-refractivity contribution in [2.45, 2.75) is 0 Å². The number of nitrogens with zero attached hydrogens (tertiary/aromatic N) is 2. The molecule has 0 atom stereocenters. The van der Waals surface area contributed by atoms with Gasteiger partial charge in [-0.2, -0.15) is 15.4 Å². The third-order valence-electron chi connectivity index (χ3n) is 2.43. The third-order valence-corrected chi connectivity index (χ3v) is 3.10. The molecule has 0 aliphatic carbocycles. The van der Waals surface area contributed by atoms with E-state index in [1.165, 1.54) is 3.57 Å². The van der Waals surface area contributed by atoms with E-state index in [0.29, 0.717) is 0 Å². The monoisotopic (exact) mass is 336 g/mol. The molecule has 17 heavy (non-hydrogen) atoms. The van der Waals surface area contributed by atoms with Crippen molar-refractivity contribution in [1.82, 2.24) is 15.4 Å². The van der Waals surface area contributed by atoms with Crippen LogP contribution < -0.4 is 5.32 Å². The number of aromatic nitrogens is 3. The first-order valence-electron chi connectivity index (χ1n) is 5.14. The summed E-state index contributed by atoms with van der Waals surface area (Å²) in [6.07, 6.45) is 0. The first kappa shape index (κ1) is 10.5. The summed E-state index contributed by atoms with van der Waals surface area (Å²) in [4.78, 5) is 0. The topological polar surface area (TPSA) is 53.6 Å². The van der Waals surface area contributed by atoms with Crippen LogP contribution in [0, 0.1) is 3.57 Å². The predicted octanol–water partition coefficient (Wildman–Crippen LogP) is 3.31. The number of H-pyrrole nitrogens is 1. The Labute approximate surface area is 112 Å². The number of hydrogen-bond donors (Lipinski definition) is 2. The zero-order valence-electron chi connectivity index (χ0n) is 8.81. The highest BCUT2D eigenvalue weighted by molar-refractivity contribution is 14.1. The summed E-state index contributed by atoms with van der Waals surface area (Å²) in [7, 11) is 0. The Morgan fingerprint density at radius 1 is 0.941 bits per heavy atom. The molecule has 0 radical (unpaired) electrons. The van der Waals surface area contributed by atoms with Crippen LogP contribution in [0.25, 0.3) is 11.0 Å². The molecule has 3 rings (SSSR count). The van der Waals surface area contributed by atoms with E-state index in [-0.39, 0.29) is 0 Å². The lowest BCUT2D eigenvalue weighted by atomic mass is 10.2. The van der Waals surface area contributed by atoms with Crippen LogP contribution in [-0.2, 0) is 0 Å². The second-order valence-corrected chi connectivity index (χ2v) is 4.91. The van der Waals surface area contributed by atoms with E-state index in [4.69, 9.17) is 0 Å². The van der Waals surface area contributed by atoms with Gasteiger partial charge in [-0.05, 0) is 59.0 Å². The number of rotatable bonds is 2. The number of anilines is 2. The maximum absolute atomic E-state index is 4.06. The molecule has 3 aromatic rings. The summed E-state index contributed by atoms with van der Waals surface area (Å²) in [6.45, 7) is 0. The summed E-state index contributed by atoms with van der Waals surface area (Å²) in [5.41, 5.74) is 3.81. The molecule has 84 valence electrons. The van der Waals surface area contributed by atoms with E-state index in [9.17, 15) is 0 Å². The van der Waals surface area contributed by atoms with Crippen molar-refractivity contribution in [3.8, 4) is 0 Å². The summed E-state index contributed by atoms with van der Waals surface area (Å²) in [6, 6.07) is 14.1. The highest BCUT2D eigenvalue weighted by Gasteiger charge is 2.00. The standard InChI is InChI=1S/C12H9IN4/c13-8-2-1-3-9(6-8)14-10-4-5-11-12(7-10)16-17-15-11/h1-7,14H,(H,15,16,17). The van der Waals surface area contributed by atoms with Gasteiger partial charge in [0.05, 0.1) is 0 Å². The molecule has 0 amide bonds. The van der Waals surface area contributed by atoms with Crippen LogP contribution in [0.5, 0.6) is 0 Å². The Morgan fingerprint density at radius 3 is 2.65 bits per heavy atom. The lowest BCUT2D eigenvalue weighted by Gasteiger charge is -2.06. The van der Waals surface area contributed by atoms with E-state index in [2.05, 4.69) is 55.5 Å². The van der Waals surface area contributed by atoms with Crippen LogP contribution in [0.4, 0.5) is 11.4 Å². The van der Waals surface area contributed by atoms with Gasteiger partial charge in [0, 0.05) is 14.9 Å². The van der Waals surface area contributed by atoms with Crippen LogP contribution >= 0.6 is 22.6 Å². The van der Waals surface area contributed by atoms with E-state index in [1.807, 2.05) is 30.3 Å². The zero-order chi connectivity index (χ0) is 11.7. The molecule has 1 heterocycles. The van der Waals surface area contributed by atoms with Crippen molar-refractivity contribution in [3.63, 3.8) is 0 Å². The Bertz CT molecular complexity index is 662. The summed E-state index contributed by atoms with van der Waals surface area (Å²) >= 11 is 2.29. The van der Waals surface area contributed by atoms with Gasteiger partial charge in [-0.3, -0.25) is 0 Å². The van der Waals surface area contributed by atoms with Gasteiger partial charge in [-0.1, -0.05) is 6.07 Å². The highest BCUT2D eigenvalue weighted by Crippen LogP contribution is 2.21. The Hall–Kier alpha value is -1.63. The summed E-state index contributed by atoms with van der Waals surface area (Å²) < 4.78 is 1.20. The SMILES string of the molecule is Ic1cccc(Nc2ccc3n[nH]nc3c2)c1. The van der Waals surface area contributed by atoms with E-state index in [1.54, 1.807) is 0 Å². The van der Waals surface area contributed by atoms with Gasteiger partial charge in [0.2, 0.25) is 0 Å². The number of halogens is 1. The highest BCUT2D eigenvalue weighted by atomic mass is 127. The van der Waals surface area contributed by atoms with Gasteiger partial charge < -0.3 is 5.32 Å². The Balaban J connectivity index is 1.94. The molecule has 1 aromatic heterocycles. The molecule has 4 nitrogen and oxygen atoms in total. The molecule has 0 aliphatic heterocycles. The van der Waals surface area contributed by atoms with Crippen molar-refractivity contribution in [1.29, 1.82) is 0 Å². The first-order chi connectivity index (χ1) is 8.31. The largest absolute Gasteiger partial charge is 0.355 e. The van der Waals surface area contributed by atoms with Gasteiger partial charge in [0.1, 0.15) is 11.0 Å². The van der Waals surface area contributed by atoms with Gasteiger partial charge in [-0.15, -0.1) is 0 Å². The molecule has 0 saturated carbocycles. The van der Waals surface area contributed by atoms with E-state index < -0.39 is 0 Å². The maximum atomic E-state index is 4.06. The smallest absolute Gasteiger partial charge is 0.115 e. The quantitative estimate of drug-likeness (QED) is 0.706. The molecule has 0 saturated heterocycles. The summed E-state index contributed by atoms with van der Waals surface area (Å²) in [5.74, 6) is 0. The van der Waals surface area contributed by atoms with Crippen LogP contribution in [0.2, 0.25) is 0 Å². The lowest BCUT2D eigenvalue weighted by molar-refractivity contribution is 0.959. The van der Waals surface area contributed by atoms with Crippen molar-refractivity contribution in [2.24, 2.45) is 0 Å². The van der Waals surface area contributed by atoms with Crippen molar-refractivity contribution in [3.05, 3.63) is 46.0 Å². The number of fused-ring (bicyclic) bond motifs is 1. The van der Waals surface area contributed by atoms with Crippen molar-refractivity contribution in [2.75, 3.05) is 5.32 Å². The predicted molar refractivity (Wildman–Crippen MR) is 76.3 cm³/mol. The second kappa shape index (κ2) is 4.33. The second-order valence-electron chi connectivity index (χ2n) is 3.66. The lowest BCUT2D eigenvalue weighted by Crippen LogP contribution is -1.90. The van der Waals surface area contributed by atoms with E-state index >= 15 is 0 Å². The minimum Gasteiger partial charge on any atom is -0.355 e. The van der Waals surface area contributed by atoms with Crippen molar-refractivity contribution < 1.29 is 0 Å². The minimum atomic E-state index is 0.862. The molecule has 0 aliphatic rings. The number of nitrogens with one attached hydrogen (secondary N) is 2. The van der Waals surface area contributed by atoms with Gasteiger partial charge in [0.15, 0.2) is 0 Å². The molecule has 0 spiro atoms. The molecule has 2 aromatic carbocycles. The van der Waals surface area contributed by atoms with Gasteiger partial charge in [-0.25, -0.2) is 0 Å². The fraction of sp³-hybridized carbons (Fsp3) is 0. The van der Waals surface area contributed by atoms with Crippen LogP contribution in [0.15, 0.2) is 42.5 Å². The van der Waals surface area contributed by atoms with Crippen molar-refractivity contribution >= 4 is 45.0 Å². The van der Waals surface area contributed by atoms with Gasteiger partial charge in [0.25, 0.3) is 0 Å². The molecule has 0 bridgehead atoms. The first-order valence-corrected chi connectivity index (χ1v) is 6.22. The zero-order valence-corrected chi connectivity index (χ0v) is 11.0. The summed E-state index contributed by atoms with van der Waals surface area (Å²) in [5, 5.41) is 14.0. The molecule has 0 unspecified atom stereocenters. The fourth-order valence-electron chi connectivity index (χ4n) is 1.65. The van der Waals surface area contributed by atoms with Crippen LogP contribution in [0.1, 0.15) is 0 Å². The fourth-order valence-corrected chi connectivity index (χ4v) is 2.19. The number of benzene rings is 2. The molecule has 0 fully saturated rings. The Kier molecular flexibility index (Phi) is 2.68. The number of hydrogen-bond acceptors (Lipinski definition) is 3. The molecule has 2 N–H and O–H groups in total. The van der Waals surface area contributed by atoms with Gasteiger partial charge >= 0.3 is 0 Å². The molecular formula is C12H9IN4. The molecule has 5 heteroatoms. The van der Waals surface area contributed by atoms with E-state index in [0.717, 1.165) is 22.4 Å². The third kappa shape index (κ3) is 2.23. The van der Waals surface area contributed by atoms with Crippen LogP contribution in [0.3, 0.4) is 0 Å². The maximum Gasteiger partial charge on any atom is 0.115 e.